The van der Waals surface area contributed by atoms with Gasteiger partial charge in [0.1, 0.15) is 5.75 Å². The number of anilines is 1. The van der Waals surface area contributed by atoms with Gasteiger partial charge in [0, 0.05) is 5.69 Å². The van der Waals surface area contributed by atoms with Crippen molar-refractivity contribution in [3.8, 4) is 5.75 Å². The highest BCUT2D eigenvalue weighted by Gasteiger charge is 2.12. The van der Waals surface area contributed by atoms with Crippen LogP contribution in [0.15, 0.2) is 48.5 Å². The zero-order valence-electron chi connectivity index (χ0n) is 13.2. The second kappa shape index (κ2) is 7.80. The lowest BCUT2D eigenvalue weighted by Gasteiger charge is -2.21. The monoisotopic (exact) mass is 314 g/mol. The zero-order valence-corrected chi connectivity index (χ0v) is 14.0. The topological polar surface area (TPSA) is 33.3 Å². The minimum atomic E-state index is 0.174. The van der Waals surface area contributed by atoms with Gasteiger partial charge in [0.05, 0.1) is 13.2 Å². The third-order valence-corrected chi connectivity index (χ3v) is 3.79. The predicted octanol–water partition coefficient (Wildman–Crippen LogP) is 4.44. The highest BCUT2D eigenvalue weighted by molar-refractivity contribution is 7.80. The Kier molecular flexibility index (Phi) is 5.78. The first kappa shape index (κ1) is 16.3. The van der Waals surface area contributed by atoms with Crippen molar-refractivity contribution in [2.45, 2.75) is 26.3 Å². The SMILES string of the molecule is CCC(NC(=S)Nc1ccccc1)c1ccc(OC)c(C)c1. The molecule has 0 saturated heterocycles. The van der Waals surface area contributed by atoms with E-state index in [9.17, 15) is 0 Å². The van der Waals surface area contributed by atoms with Crippen molar-refractivity contribution in [2.24, 2.45) is 0 Å². The van der Waals surface area contributed by atoms with E-state index in [2.05, 4.69) is 36.6 Å². The second-order valence-corrected chi connectivity index (χ2v) is 5.56. The quantitative estimate of drug-likeness (QED) is 0.799. The van der Waals surface area contributed by atoms with E-state index in [0.29, 0.717) is 5.11 Å². The molecular formula is C18H22N2OS. The van der Waals surface area contributed by atoms with E-state index in [0.717, 1.165) is 23.4 Å². The molecule has 0 bridgehead atoms. The van der Waals surface area contributed by atoms with Crippen molar-refractivity contribution in [3.63, 3.8) is 0 Å². The Morgan fingerprint density at radius 1 is 1.18 bits per heavy atom. The summed E-state index contributed by atoms with van der Waals surface area (Å²) >= 11 is 5.41. The Morgan fingerprint density at radius 3 is 2.50 bits per heavy atom. The molecule has 0 amide bonds. The molecule has 0 aliphatic carbocycles. The fourth-order valence-electron chi connectivity index (χ4n) is 2.39. The molecule has 2 N–H and O–H groups in total. The van der Waals surface area contributed by atoms with Crippen LogP contribution in [0.5, 0.6) is 5.75 Å². The van der Waals surface area contributed by atoms with E-state index in [1.807, 2.05) is 36.4 Å². The van der Waals surface area contributed by atoms with Gasteiger partial charge in [0.2, 0.25) is 0 Å². The summed E-state index contributed by atoms with van der Waals surface area (Å²) in [7, 11) is 1.69. The van der Waals surface area contributed by atoms with Gasteiger partial charge in [0.25, 0.3) is 0 Å². The Balaban J connectivity index is 2.05. The average molecular weight is 314 g/mol. The lowest BCUT2D eigenvalue weighted by Crippen LogP contribution is -2.32. The van der Waals surface area contributed by atoms with Crippen molar-refractivity contribution in [1.29, 1.82) is 0 Å². The maximum atomic E-state index is 5.41. The number of nitrogens with one attached hydrogen (secondary N) is 2. The van der Waals surface area contributed by atoms with Gasteiger partial charge < -0.3 is 15.4 Å². The van der Waals surface area contributed by atoms with Crippen LogP contribution in [0.25, 0.3) is 0 Å². The number of benzene rings is 2. The third kappa shape index (κ3) is 4.21. The van der Waals surface area contributed by atoms with Crippen LogP contribution in [-0.4, -0.2) is 12.2 Å². The molecule has 1 unspecified atom stereocenters. The van der Waals surface area contributed by atoms with Gasteiger partial charge in [-0.15, -0.1) is 0 Å². The number of hydrogen-bond acceptors (Lipinski definition) is 2. The molecule has 0 radical (unpaired) electrons. The molecule has 0 spiro atoms. The number of methoxy groups -OCH3 is 1. The van der Waals surface area contributed by atoms with E-state index >= 15 is 0 Å². The van der Waals surface area contributed by atoms with Gasteiger partial charge in [-0.1, -0.05) is 37.3 Å². The molecule has 1 atom stereocenters. The summed E-state index contributed by atoms with van der Waals surface area (Å²) in [5.41, 5.74) is 3.32. The molecule has 0 aliphatic rings. The number of rotatable bonds is 5. The van der Waals surface area contributed by atoms with Gasteiger partial charge in [-0.2, -0.15) is 0 Å². The number of aryl methyl sites for hydroxylation is 1. The van der Waals surface area contributed by atoms with Crippen LogP contribution in [0.3, 0.4) is 0 Å². The Hall–Kier alpha value is -2.07. The minimum absolute atomic E-state index is 0.174. The molecule has 2 aromatic carbocycles. The predicted molar refractivity (Wildman–Crippen MR) is 96.6 cm³/mol. The van der Waals surface area contributed by atoms with Crippen LogP contribution in [0.2, 0.25) is 0 Å². The van der Waals surface area contributed by atoms with Crippen molar-refractivity contribution in [3.05, 3.63) is 59.7 Å². The molecule has 116 valence electrons. The molecule has 0 aromatic heterocycles. The van der Waals surface area contributed by atoms with Crippen molar-refractivity contribution in [1.82, 2.24) is 5.32 Å². The number of ether oxygens (including phenoxy) is 1. The first-order valence-electron chi connectivity index (χ1n) is 7.41. The summed E-state index contributed by atoms with van der Waals surface area (Å²) in [4.78, 5) is 0. The molecule has 0 aliphatic heterocycles. The molecule has 2 rings (SSSR count). The molecule has 0 fully saturated rings. The number of para-hydroxylation sites is 1. The Bertz CT molecular complexity index is 628. The normalized spacial score (nSPS) is 11.6. The van der Waals surface area contributed by atoms with Crippen LogP contribution in [0.4, 0.5) is 5.69 Å². The summed E-state index contributed by atoms with van der Waals surface area (Å²) in [5.74, 6) is 0.906. The van der Waals surface area contributed by atoms with E-state index in [1.54, 1.807) is 7.11 Å². The van der Waals surface area contributed by atoms with Crippen LogP contribution in [-0.2, 0) is 0 Å². The van der Waals surface area contributed by atoms with Crippen LogP contribution in [0.1, 0.15) is 30.5 Å². The highest BCUT2D eigenvalue weighted by atomic mass is 32.1. The first-order chi connectivity index (χ1) is 10.6. The van der Waals surface area contributed by atoms with Crippen molar-refractivity contribution in [2.75, 3.05) is 12.4 Å². The second-order valence-electron chi connectivity index (χ2n) is 5.15. The van der Waals surface area contributed by atoms with Gasteiger partial charge in [-0.3, -0.25) is 0 Å². The van der Waals surface area contributed by atoms with Crippen molar-refractivity contribution >= 4 is 23.0 Å². The van der Waals surface area contributed by atoms with Crippen LogP contribution in [0, 0.1) is 6.92 Å². The molecule has 3 nitrogen and oxygen atoms in total. The zero-order chi connectivity index (χ0) is 15.9. The Labute approximate surface area is 137 Å². The molecule has 0 heterocycles. The number of thiocarbonyl (C=S) groups is 1. The molecule has 22 heavy (non-hydrogen) atoms. The van der Waals surface area contributed by atoms with Gasteiger partial charge in [-0.05, 0) is 54.9 Å². The smallest absolute Gasteiger partial charge is 0.171 e. The van der Waals surface area contributed by atoms with E-state index in [1.165, 1.54) is 5.56 Å². The fraction of sp³-hybridized carbons (Fsp3) is 0.278. The van der Waals surface area contributed by atoms with E-state index < -0.39 is 0 Å². The lowest BCUT2D eigenvalue weighted by atomic mass is 10.0. The van der Waals surface area contributed by atoms with Crippen LogP contribution >= 0.6 is 12.2 Å². The Morgan fingerprint density at radius 2 is 1.91 bits per heavy atom. The molecule has 4 heteroatoms. The average Bonchev–Trinajstić information content (AvgIpc) is 2.53. The summed E-state index contributed by atoms with van der Waals surface area (Å²) < 4.78 is 5.31. The van der Waals surface area contributed by atoms with Crippen molar-refractivity contribution < 1.29 is 4.74 Å². The number of hydrogen-bond donors (Lipinski definition) is 2. The van der Waals surface area contributed by atoms with E-state index in [4.69, 9.17) is 17.0 Å². The van der Waals surface area contributed by atoms with Gasteiger partial charge in [0.15, 0.2) is 5.11 Å². The lowest BCUT2D eigenvalue weighted by molar-refractivity contribution is 0.411. The summed E-state index contributed by atoms with van der Waals surface area (Å²) in [5, 5.41) is 7.22. The molecule has 0 saturated carbocycles. The minimum Gasteiger partial charge on any atom is -0.496 e. The van der Waals surface area contributed by atoms with Gasteiger partial charge >= 0.3 is 0 Å². The molecule has 2 aromatic rings. The summed E-state index contributed by atoms with van der Waals surface area (Å²) in [6.07, 6.45) is 0.947. The van der Waals surface area contributed by atoms with Gasteiger partial charge in [-0.25, -0.2) is 0 Å². The molecular weight excluding hydrogens is 292 g/mol. The largest absolute Gasteiger partial charge is 0.496 e. The third-order valence-electron chi connectivity index (χ3n) is 3.57. The van der Waals surface area contributed by atoms with E-state index in [-0.39, 0.29) is 6.04 Å². The summed E-state index contributed by atoms with van der Waals surface area (Å²) in [6, 6.07) is 16.3. The maximum Gasteiger partial charge on any atom is 0.171 e. The first-order valence-corrected chi connectivity index (χ1v) is 7.82. The van der Waals surface area contributed by atoms with Crippen LogP contribution < -0.4 is 15.4 Å². The summed E-state index contributed by atoms with van der Waals surface area (Å²) in [6.45, 7) is 4.19. The highest BCUT2D eigenvalue weighted by Crippen LogP contribution is 2.24. The maximum absolute atomic E-state index is 5.41. The standard InChI is InChI=1S/C18H22N2OS/c1-4-16(14-10-11-17(21-3)13(2)12-14)20-18(22)19-15-8-6-5-7-9-15/h5-12,16H,4H2,1-3H3,(H2,19,20,22). The fourth-order valence-corrected chi connectivity index (χ4v) is 2.65.